The number of rotatable bonds is 6. The van der Waals surface area contributed by atoms with Gasteiger partial charge in [0.05, 0.1) is 17.3 Å². The molecule has 1 rings (SSSR count). The number of aliphatic imine (C=N–C) groups is 1. The van der Waals surface area contributed by atoms with Crippen molar-refractivity contribution in [1.29, 1.82) is 0 Å². The summed E-state index contributed by atoms with van der Waals surface area (Å²) >= 11 is 1.76. The van der Waals surface area contributed by atoms with E-state index in [0.717, 1.165) is 31.2 Å². The standard InChI is InChI=1S/C12H22N4OS.HI/c1-9-10(2)18-11(16-9)5-6-14-12(13-3)15-7-8-17-4;/h5-8H2,1-4H3,(H2,13,14,15);1H. The minimum absolute atomic E-state index is 0. The summed E-state index contributed by atoms with van der Waals surface area (Å²) in [7, 11) is 3.45. The molecule has 5 nitrogen and oxygen atoms in total. The number of nitrogens with one attached hydrogen (secondary N) is 2. The molecule has 0 aliphatic rings. The van der Waals surface area contributed by atoms with E-state index in [0.29, 0.717) is 6.61 Å². The van der Waals surface area contributed by atoms with E-state index in [1.165, 1.54) is 9.88 Å². The van der Waals surface area contributed by atoms with Gasteiger partial charge in [-0.05, 0) is 13.8 Å². The number of aryl methyl sites for hydroxylation is 2. The van der Waals surface area contributed by atoms with Crippen LogP contribution in [0.5, 0.6) is 0 Å². The van der Waals surface area contributed by atoms with E-state index >= 15 is 0 Å². The predicted octanol–water partition coefficient (Wildman–Crippen LogP) is 1.73. The van der Waals surface area contributed by atoms with Crippen molar-refractivity contribution in [2.45, 2.75) is 20.3 Å². The van der Waals surface area contributed by atoms with Gasteiger partial charge < -0.3 is 15.4 Å². The molecule has 0 unspecified atom stereocenters. The molecule has 0 spiro atoms. The molecule has 0 radical (unpaired) electrons. The highest BCUT2D eigenvalue weighted by atomic mass is 127. The van der Waals surface area contributed by atoms with Crippen LogP contribution in [0.1, 0.15) is 15.6 Å². The molecule has 0 fully saturated rings. The highest BCUT2D eigenvalue weighted by Gasteiger charge is 2.03. The largest absolute Gasteiger partial charge is 0.383 e. The second-order valence-electron chi connectivity index (χ2n) is 3.92. The summed E-state index contributed by atoms with van der Waals surface area (Å²) < 4.78 is 4.97. The lowest BCUT2D eigenvalue weighted by Gasteiger charge is -2.10. The molecule has 0 atom stereocenters. The normalized spacial score (nSPS) is 11.1. The molecule has 0 amide bonds. The Morgan fingerprint density at radius 3 is 2.53 bits per heavy atom. The van der Waals surface area contributed by atoms with Gasteiger partial charge in [-0.1, -0.05) is 0 Å². The minimum atomic E-state index is 0. The predicted molar refractivity (Wildman–Crippen MR) is 91.9 cm³/mol. The summed E-state index contributed by atoms with van der Waals surface area (Å²) in [6.45, 7) is 6.42. The minimum Gasteiger partial charge on any atom is -0.383 e. The van der Waals surface area contributed by atoms with Crippen LogP contribution >= 0.6 is 35.3 Å². The summed E-state index contributed by atoms with van der Waals surface area (Å²) in [6, 6.07) is 0. The Hall–Kier alpha value is -0.410. The molecule has 0 saturated heterocycles. The Morgan fingerprint density at radius 2 is 2.00 bits per heavy atom. The first kappa shape index (κ1) is 18.6. The van der Waals surface area contributed by atoms with E-state index in [1.54, 1.807) is 25.5 Å². The first-order chi connectivity index (χ1) is 8.67. The molecule has 0 aliphatic carbocycles. The van der Waals surface area contributed by atoms with Crippen molar-refractivity contribution < 1.29 is 4.74 Å². The maximum absolute atomic E-state index is 4.97. The fourth-order valence-electron chi connectivity index (χ4n) is 1.43. The fourth-order valence-corrected chi connectivity index (χ4v) is 2.36. The average molecular weight is 398 g/mol. The number of halogens is 1. The number of guanidine groups is 1. The topological polar surface area (TPSA) is 58.5 Å². The summed E-state index contributed by atoms with van der Waals surface area (Å²) in [5, 5.41) is 7.60. The summed E-state index contributed by atoms with van der Waals surface area (Å²) in [5.41, 5.74) is 1.14. The second-order valence-corrected chi connectivity index (χ2v) is 5.21. The van der Waals surface area contributed by atoms with Crippen LogP contribution in [0.15, 0.2) is 4.99 Å². The second kappa shape index (κ2) is 10.4. The van der Waals surface area contributed by atoms with Gasteiger partial charge in [-0.3, -0.25) is 4.99 Å². The third-order valence-electron chi connectivity index (χ3n) is 2.53. The van der Waals surface area contributed by atoms with Crippen LogP contribution in [0.25, 0.3) is 0 Å². The third-order valence-corrected chi connectivity index (χ3v) is 3.66. The fraction of sp³-hybridized carbons (Fsp3) is 0.667. The number of methoxy groups -OCH3 is 1. The highest BCUT2D eigenvalue weighted by Crippen LogP contribution is 2.16. The zero-order chi connectivity index (χ0) is 13.4. The van der Waals surface area contributed by atoms with E-state index in [9.17, 15) is 0 Å². The number of hydrogen-bond donors (Lipinski definition) is 2. The number of hydrogen-bond acceptors (Lipinski definition) is 4. The molecule has 110 valence electrons. The van der Waals surface area contributed by atoms with Gasteiger partial charge in [-0.25, -0.2) is 4.98 Å². The van der Waals surface area contributed by atoms with E-state index in [-0.39, 0.29) is 24.0 Å². The Balaban J connectivity index is 0.00000324. The lowest BCUT2D eigenvalue weighted by atomic mass is 10.4. The molecule has 19 heavy (non-hydrogen) atoms. The molecule has 1 aromatic rings. The SMILES string of the molecule is CN=C(NCCOC)NCCc1nc(C)c(C)s1.I. The van der Waals surface area contributed by atoms with Gasteiger partial charge in [0.15, 0.2) is 5.96 Å². The van der Waals surface area contributed by atoms with Crippen molar-refractivity contribution in [1.82, 2.24) is 15.6 Å². The lowest BCUT2D eigenvalue weighted by molar-refractivity contribution is 0.203. The van der Waals surface area contributed by atoms with Crippen molar-refractivity contribution in [3.63, 3.8) is 0 Å². The Kier molecular flexibility index (Phi) is 10.2. The van der Waals surface area contributed by atoms with Crippen LogP contribution in [-0.4, -0.2) is 44.8 Å². The van der Waals surface area contributed by atoms with Crippen LogP contribution in [0.3, 0.4) is 0 Å². The van der Waals surface area contributed by atoms with Crippen molar-refractivity contribution in [2.24, 2.45) is 4.99 Å². The van der Waals surface area contributed by atoms with Gasteiger partial charge in [0.2, 0.25) is 0 Å². The summed E-state index contributed by atoms with van der Waals surface area (Å²) in [4.78, 5) is 9.94. The number of aromatic nitrogens is 1. The van der Waals surface area contributed by atoms with Gasteiger partial charge in [0.25, 0.3) is 0 Å². The monoisotopic (exact) mass is 398 g/mol. The summed E-state index contributed by atoms with van der Waals surface area (Å²) in [5.74, 6) is 0.803. The molecule has 1 heterocycles. The zero-order valence-corrected chi connectivity index (χ0v) is 15.1. The molecule has 0 aliphatic heterocycles. The van der Waals surface area contributed by atoms with Crippen LogP contribution < -0.4 is 10.6 Å². The smallest absolute Gasteiger partial charge is 0.191 e. The molecular formula is C12H23IN4OS. The maximum Gasteiger partial charge on any atom is 0.191 e. The number of thiazole rings is 1. The zero-order valence-electron chi connectivity index (χ0n) is 11.9. The highest BCUT2D eigenvalue weighted by molar-refractivity contribution is 14.0. The van der Waals surface area contributed by atoms with Crippen LogP contribution in [-0.2, 0) is 11.2 Å². The number of nitrogens with zero attached hydrogens (tertiary/aromatic N) is 2. The quantitative estimate of drug-likeness (QED) is 0.332. The Bertz CT molecular complexity index is 376. The lowest BCUT2D eigenvalue weighted by Crippen LogP contribution is -2.39. The Labute approximate surface area is 136 Å². The van der Waals surface area contributed by atoms with Gasteiger partial charge in [0.1, 0.15) is 0 Å². The van der Waals surface area contributed by atoms with E-state index < -0.39 is 0 Å². The van der Waals surface area contributed by atoms with Crippen molar-refractivity contribution >= 4 is 41.3 Å². The average Bonchev–Trinajstić information content (AvgIpc) is 2.67. The first-order valence-corrected chi connectivity index (χ1v) is 6.85. The van der Waals surface area contributed by atoms with Crippen molar-refractivity contribution in [3.05, 3.63) is 15.6 Å². The van der Waals surface area contributed by atoms with Crippen molar-refractivity contribution in [3.8, 4) is 0 Å². The van der Waals surface area contributed by atoms with Gasteiger partial charge in [-0.15, -0.1) is 35.3 Å². The number of ether oxygens (including phenoxy) is 1. The van der Waals surface area contributed by atoms with Crippen LogP contribution in [0, 0.1) is 13.8 Å². The molecule has 1 aromatic heterocycles. The molecular weight excluding hydrogens is 375 g/mol. The molecule has 0 aromatic carbocycles. The summed E-state index contributed by atoms with van der Waals surface area (Å²) in [6.07, 6.45) is 0.921. The molecule has 0 saturated carbocycles. The molecule has 0 bridgehead atoms. The maximum atomic E-state index is 4.97. The molecule has 2 N–H and O–H groups in total. The van der Waals surface area contributed by atoms with E-state index in [4.69, 9.17) is 4.74 Å². The first-order valence-electron chi connectivity index (χ1n) is 6.03. The van der Waals surface area contributed by atoms with Gasteiger partial charge in [0, 0.05) is 38.5 Å². The van der Waals surface area contributed by atoms with Crippen LogP contribution in [0.4, 0.5) is 0 Å². The van der Waals surface area contributed by atoms with Crippen molar-refractivity contribution in [2.75, 3.05) is 33.9 Å². The van der Waals surface area contributed by atoms with Crippen LogP contribution in [0.2, 0.25) is 0 Å². The van der Waals surface area contributed by atoms with Gasteiger partial charge >= 0.3 is 0 Å². The Morgan fingerprint density at radius 1 is 1.32 bits per heavy atom. The molecule has 7 heteroatoms. The third kappa shape index (κ3) is 7.07. The van der Waals surface area contributed by atoms with E-state index in [2.05, 4.69) is 27.5 Å². The van der Waals surface area contributed by atoms with Gasteiger partial charge in [-0.2, -0.15) is 0 Å². The van der Waals surface area contributed by atoms with E-state index in [1.807, 2.05) is 6.92 Å².